The van der Waals surface area contributed by atoms with E-state index < -0.39 is 5.91 Å². The van der Waals surface area contributed by atoms with Crippen molar-refractivity contribution in [2.24, 2.45) is 5.84 Å². The first-order valence-electron chi connectivity index (χ1n) is 2.11. The third-order valence-corrected chi connectivity index (χ3v) is 1.38. The first kappa shape index (κ1) is 6.12. The van der Waals surface area contributed by atoms with E-state index in [0.717, 1.165) is 11.3 Å². The Morgan fingerprint density at radius 3 is 3.11 bits per heavy atom. The summed E-state index contributed by atoms with van der Waals surface area (Å²) in [6, 6.07) is 0. The zero-order valence-corrected chi connectivity index (χ0v) is 5.18. The second kappa shape index (κ2) is 2.51. The van der Waals surface area contributed by atoms with Gasteiger partial charge < -0.3 is 0 Å². The Balaban J connectivity index is 2.77. The number of amides is 1. The quantitative estimate of drug-likeness (QED) is 0.305. The number of hydrazine groups is 1. The van der Waals surface area contributed by atoms with E-state index in [9.17, 15) is 4.79 Å². The Morgan fingerprint density at radius 2 is 2.67 bits per heavy atom. The Bertz CT molecular complexity index is 196. The Labute approximate surface area is 54.9 Å². The van der Waals surface area contributed by atoms with Gasteiger partial charge in [-0.05, 0) is 0 Å². The second-order valence-electron chi connectivity index (χ2n) is 1.22. The largest absolute Gasteiger partial charge is 0.296 e. The normalized spacial score (nSPS) is 9.00. The van der Waals surface area contributed by atoms with E-state index in [0.29, 0.717) is 0 Å². The molecule has 1 heterocycles. The zero-order chi connectivity index (χ0) is 6.69. The van der Waals surface area contributed by atoms with Crippen LogP contribution in [0.2, 0.25) is 0 Å². The third-order valence-electron chi connectivity index (χ3n) is 0.685. The van der Waals surface area contributed by atoms with E-state index in [-0.39, 0.29) is 5.01 Å². The van der Waals surface area contributed by atoms with Gasteiger partial charge in [-0.1, -0.05) is 11.3 Å². The fourth-order valence-electron chi connectivity index (χ4n) is 0.334. The third kappa shape index (κ3) is 1.21. The molecule has 6 heteroatoms. The van der Waals surface area contributed by atoms with Crippen LogP contribution < -0.4 is 11.3 Å². The number of hydrogen-bond acceptors (Lipinski definition) is 5. The van der Waals surface area contributed by atoms with E-state index in [2.05, 4.69) is 10.2 Å². The molecule has 0 fully saturated rings. The van der Waals surface area contributed by atoms with Crippen molar-refractivity contribution in [3.05, 3.63) is 10.5 Å². The van der Waals surface area contributed by atoms with Gasteiger partial charge in [-0.3, -0.25) is 10.2 Å². The number of rotatable bonds is 1. The van der Waals surface area contributed by atoms with Crippen LogP contribution in [0, 0.1) is 0 Å². The molecule has 0 saturated heterocycles. The number of carbonyl (C=O) groups is 1. The van der Waals surface area contributed by atoms with Gasteiger partial charge in [0.1, 0.15) is 5.51 Å². The molecule has 0 spiro atoms. The molecule has 9 heavy (non-hydrogen) atoms. The minimum atomic E-state index is -0.405. The number of hydrogen-bond donors (Lipinski definition) is 2. The molecular formula is C3H4N4OS. The van der Waals surface area contributed by atoms with Crippen LogP contribution in [0.5, 0.6) is 0 Å². The first-order chi connectivity index (χ1) is 4.34. The molecule has 0 aliphatic rings. The van der Waals surface area contributed by atoms with Crippen molar-refractivity contribution < 1.29 is 4.79 Å². The molecule has 0 atom stereocenters. The molecule has 0 aliphatic carbocycles. The smallest absolute Gasteiger partial charge is 0.288 e. The molecule has 1 aromatic heterocycles. The van der Waals surface area contributed by atoms with Crippen molar-refractivity contribution >= 4 is 17.2 Å². The number of aromatic nitrogens is 2. The highest BCUT2D eigenvalue weighted by atomic mass is 32.1. The minimum absolute atomic E-state index is 0.275. The molecule has 0 radical (unpaired) electrons. The molecule has 0 aromatic carbocycles. The predicted molar refractivity (Wildman–Crippen MR) is 31.6 cm³/mol. The highest BCUT2D eigenvalue weighted by Gasteiger charge is 2.04. The monoisotopic (exact) mass is 144 g/mol. The van der Waals surface area contributed by atoms with Gasteiger partial charge in [-0.2, -0.15) is 0 Å². The van der Waals surface area contributed by atoms with Crippen molar-refractivity contribution in [1.29, 1.82) is 0 Å². The highest BCUT2D eigenvalue weighted by molar-refractivity contribution is 7.11. The van der Waals surface area contributed by atoms with Gasteiger partial charge in [0.25, 0.3) is 5.91 Å². The molecule has 0 aliphatic heterocycles. The molecule has 5 nitrogen and oxygen atoms in total. The Morgan fingerprint density at radius 1 is 1.89 bits per heavy atom. The number of carbonyl (C=O) groups excluding carboxylic acids is 1. The molecule has 0 bridgehead atoms. The van der Waals surface area contributed by atoms with Crippen LogP contribution in [0.1, 0.15) is 9.80 Å². The van der Waals surface area contributed by atoms with Gasteiger partial charge >= 0.3 is 0 Å². The molecule has 48 valence electrons. The van der Waals surface area contributed by atoms with Crippen molar-refractivity contribution in [2.45, 2.75) is 0 Å². The molecule has 1 amide bonds. The van der Waals surface area contributed by atoms with E-state index in [4.69, 9.17) is 5.84 Å². The van der Waals surface area contributed by atoms with Crippen LogP contribution in [0.3, 0.4) is 0 Å². The Kier molecular flexibility index (Phi) is 1.71. The summed E-state index contributed by atoms with van der Waals surface area (Å²) >= 11 is 1.14. The van der Waals surface area contributed by atoms with Crippen LogP contribution in [-0.4, -0.2) is 16.1 Å². The average molecular weight is 144 g/mol. The molecule has 1 aromatic rings. The molecule has 0 unspecified atom stereocenters. The van der Waals surface area contributed by atoms with E-state index in [1.54, 1.807) is 0 Å². The van der Waals surface area contributed by atoms with Gasteiger partial charge in [-0.15, -0.1) is 10.2 Å². The average Bonchev–Trinajstić information content (AvgIpc) is 2.37. The van der Waals surface area contributed by atoms with Crippen LogP contribution >= 0.6 is 11.3 Å². The van der Waals surface area contributed by atoms with Crippen molar-refractivity contribution in [3.63, 3.8) is 0 Å². The minimum Gasteiger partial charge on any atom is -0.288 e. The van der Waals surface area contributed by atoms with Gasteiger partial charge in [0, 0.05) is 0 Å². The SMILES string of the molecule is NNC(=O)c1nncs1. The lowest BCUT2D eigenvalue weighted by Gasteiger charge is -1.88. The molecule has 1 rings (SSSR count). The van der Waals surface area contributed by atoms with E-state index in [1.807, 2.05) is 5.43 Å². The van der Waals surface area contributed by atoms with Gasteiger partial charge in [0.05, 0.1) is 0 Å². The molecular weight excluding hydrogens is 140 g/mol. The predicted octanol–water partition coefficient (Wildman–Crippen LogP) is -0.858. The van der Waals surface area contributed by atoms with Crippen LogP contribution in [0.15, 0.2) is 5.51 Å². The number of nitrogens with zero attached hydrogens (tertiary/aromatic N) is 2. The number of nitrogen functional groups attached to an aromatic ring is 1. The lowest BCUT2D eigenvalue weighted by Crippen LogP contribution is -2.29. The number of nitrogens with one attached hydrogen (secondary N) is 1. The molecule has 0 saturated carbocycles. The van der Waals surface area contributed by atoms with Crippen molar-refractivity contribution in [1.82, 2.24) is 15.6 Å². The second-order valence-corrected chi connectivity index (χ2v) is 2.05. The summed E-state index contributed by atoms with van der Waals surface area (Å²) in [7, 11) is 0. The summed E-state index contributed by atoms with van der Waals surface area (Å²) in [5, 5.41) is 7.18. The summed E-state index contributed by atoms with van der Waals surface area (Å²) in [6.45, 7) is 0. The van der Waals surface area contributed by atoms with Gasteiger partial charge in [0.2, 0.25) is 5.01 Å². The first-order valence-corrected chi connectivity index (χ1v) is 2.99. The van der Waals surface area contributed by atoms with E-state index in [1.165, 1.54) is 5.51 Å². The maximum absolute atomic E-state index is 10.5. The summed E-state index contributed by atoms with van der Waals surface area (Å²) in [4.78, 5) is 10.5. The van der Waals surface area contributed by atoms with E-state index >= 15 is 0 Å². The van der Waals surface area contributed by atoms with Crippen LogP contribution in [0.25, 0.3) is 0 Å². The summed E-state index contributed by atoms with van der Waals surface area (Å²) in [5.74, 6) is 4.40. The van der Waals surface area contributed by atoms with Crippen molar-refractivity contribution in [3.8, 4) is 0 Å². The molecule has 3 N–H and O–H groups in total. The van der Waals surface area contributed by atoms with Gasteiger partial charge in [-0.25, -0.2) is 5.84 Å². The highest BCUT2D eigenvalue weighted by Crippen LogP contribution is 1.98. The summed E-state index contributed by atoms with van der Waals surface area (Å²) < 4.78 is 0. The fourth-order valence-corrected chi connectivity index (χ4v) is 0.788. The maximum Gasteiger partial charge on any atom is 0.296 e. The van der Waals surface area contributed by atoms with Crippen LogP contribution in [-0.2, 0) is 0 Å². The van der Waals surface area contributed by atoms with Crippen molar-refractivity contribution in [2.75, 3.05) is 0 Å². The lowest BCUT2D eigenvalue weighted by molar-refractivity contribution is 0.0952. The van der Waals surface area contributed by atoms with Crippen LogP contribution in [0.4, 0.5) is 0 Å². The topological polar surface area (TPSA) is 80.9 Å². The summed E-state index contributed by atoms with van der Waals surface area (Å²) in [6.07, 6.45) is 0. The zero-order valence-electron chi connectivity index (χ0n) is 4.37. The van der Waals surface area contributed by atoms with Gasteiger partial charge in [0.15, 0.2) is 0 Å². The fraction of sp³-hybridized carbons (Fsp3) is 0. The number of nitrogens with two attached hydrogens (primary N) is 1. The standard InChI is InChI=1S/C3H4N4OS/c4-6-2(8)3-7-5-1-9-3/h1H,4H2,(H,6,8). The lowest BCUT2D eigenvalue weighted by atomic mass is 10.7. The summed E-state index contributed by atoms with van der Waals surface area (Å²) in [5.41, 5.74) is 3.40. The maximum atomic E-state index is 10.5. The Hall–Kier alpha value is -1.01.